The van der Waals surface area contributed by atoms with Crippen LogP contribution in [0.15, 0.2) is 85.1 Å². The zero-order valence-electron chi connectivity index (χ0n) is 50.6. The average Bonchev–Trinajstić information content (AvgIpc) is 3.39. The Labute approximate surface area is 475 Å². The molecule has 0 amide bonds. The monoisotopic (exact) mass is 1100 g/mol. The highest BCUT2D eigenvalue weighted by Gasteiger charge is 2.22. The highest BCUT2D eigenvalue weighted by Crippen LogP contribution is 2.38. The van der Waals surface area contributed by atoms with Gasteiger partial charge < -0.3 is 27.9 Å². The molecule has 0 saturated heterocycles. The normalized spacial score (nSPS) is 13.8. The molecule has 0 bridgehead atoms. The first-order valence-electron chi connectivity index (χ1n) is 31.8. The van der Waals surface area contributed by atoms with Gasteiger partial charge in [-0.2, -0.15) is 0 Å². The van der Waals surface area contributed by atoms with Gasteiger partial charge in [0.25, 0.3) is 7.82 Å². The number of hydrogen-bond donors (Lipinski definition) is 0. The van der Waals surface area contributed by atoms with E-state index in [2.05, 4.69) is 98.9 Å². The second-order valence-electron chi connectivity index (χ2n) is 22.4. The highest BCUT2D eigenvalue weighted by atomic mass is 31.2. The van der Waals surface area contributed by atoms with Crippen molar-refractivity contribution in [2.45, 2.75) is 283 Å². The molecule has 0 spiro atoms. The standard InChI is InChI=1S/C67H120NO8P/c1-6-8-10-12-14-16-18-20-22-24-25-26-27-28-29-30-31-32-33-34-35-36-37-38-39-40-41-42-43-44-46-48-50-52-54-56-58-60-67(70)76-65(64-75-77(71,72)74-62-61-68(3,4)5)63-73-66(69)59-57-55-53-51-49-47-45-23-21-19-17-15-13-11-9-7-2/h8,10,14,16,20,22-23,25-26,28-29,31-32,45,65H,6-7,9,11-13,15,17-19,21,24,27,30,33-44,46-64H2,1-5H3/b10-8-,16-14-,22-20-,26-25-,29-28-,32-31-,45-23-. The molecule has 0 fully saturated rings. The molecular weight excluding hydrogens is 978 g/mol. The molecule has 0 heterocycles. The third-order valence-electron chi connectivity index (χ3n) is 13.6. The highest BCUT2D eigenvalue weighted by molar-refractivity contribution is 7.45. The molecule has 0 aromatic carbocycles. The summed E-state index contributed by atoms with van der Waals surface area (Å²) in [6.07, 6.45) is 77.9. The molecule has 2 unspecified atom stereocenters. The maximum absolute atomic E-state index is 12.8. The van der Waals surface area contributed by atoms with E-state index < -0.39 is 26.5 Å². The van der Waals surface area contributed by atoms with Crippen LogP contribution in [0.25, 0.3) is 0 Å². The van der Waals surface area contributed by atoms with Gasteiger partial charge in [-0.05, 0) is 89.9 Å². The van der Waals surface area contributed by atoms with Gasteiger partial charge >= 0.3 is 11.9 Å². The molecule has 9 nitrogen and oxygen atoms in total. The summed E-state index contributed by atoms with van der Waals surface area (Å²) in [5.74, 6) is -0.836. The molecule has 10 heteroatoms. The van der Waals surface area contributed by atoms with Crippen LogP contribution in [0.4, 0.5) is 0 Å². The summed E-state index contributed by atoms with van der Waals surface area (Å²) in [5.41, 5.74) is 0. The number of carbonyl (C=O) groups excluding carboxylic acids is 2. The number of unbranched alkanes of at least 4 members (excludes halogenated alkanes) is 30. The van der Waals surface area contributed by atoms with Gasteiger partial charge in [0.15, 0.2) is 6.10 Å². The smallest absolute Gasteiger partial charge is 0.306 e. The number of hydrogen-bond acceptors (Lipinski definition) is 8. The number of quaternary nitrogens is 1. The van der Waals surface area contributed by atoms with Crippen molar-refractivity contribution in [3.8, 4) is 0 Å². The second kappa shape index (κ2) is 57.9. The third-order valence-corrected chi connectivity index (χ3v) is 14.6. The zero-order chi connectivity index (χ0) is 56.3. The fourth-order valence-corrected chi connectivity index (χ4v) is 9.50. The minimum atomic E-state index is -4.64. The van der Waals surface area contributed by atoms with Crippen molar-refractivity contribution in [3.05, 3.63) is 85.1 Å². The van der Waals surface area contributed by atoms with E-state index >= 15 is 0 Å². The van der Waals surface area contributed by atoms with E-state index in [9.17, 15) is 19.0 Å². The lowest BCUT2D eigenvalue weighted by Gasteiger charge is -2.28. The summed E-state index contributed by atoms with van der Waals surface area (Å²) in [6, 6.07) is 0. The number of phosphoric acid groups is 1. The number of allylic oxidation sites excluding steroid dienone is 14. The van der Waals surface area contributed by atoms with E-state index in [4.69, 9.17) is 18.5 Å². The summed E-state index contributed by atoms with van der Waals surface area (Å²) in [5, 5.41) is 0. The topological polar surface area (TPSA) is 111 Å². The minimum absolute atomic E-state index is 0.0329. The van der Waals surface area contributed by atoms with E-state index in [1.165, 1.54) is 148 Å². The van der Waals surface area contributed by atoms with E-state index in [0.717, 1.165) is 96.3 Å². The number of esters is 2. The maximum Gasteiger partial charge on any atom is 0.306 e. The summed E-state index contributed by atoms with van der Waals surface area (Å²) in [6.45, 7) is 4.13. The molecule has 0 aliphatic carbocycles. The Kier molecular flexibility index (Phi) is 55.8. The van der Waals surface area contributed by atoms with E-state index in [1.54, 1.807) is 0 Å². The SMILES string of the molecule is CC/C=C\C/C=C\C/C=C\C/C=C\C/C=C\C/C=C\CCCCCCCCCCCCCCCCCCCCC(=O)OC(COC(=O)CCCCCCC/C=C\CCCCCCCCC)COP(=O)([O-])OCC[N+](C)(C)C. The van der Waals surface area contributed by atoms with Crippen LogP contribution < -0.4 is 4.89 Å². The zero-order valence-corrected chi connectivity index (χ0v) is 51.5. The summed E-state index contributed by atoms with van der Waals surface area (Å²) >= 11 is 0. The van der Waals surface area contributed by atoms with Crippen molar-refractivity contribution in [2.24, 2.45) is 0 Å². The molecule has 0 aromatic rings. The Morgan fingerprint density at radius 1 is 0.416 bits per heavy atom. The Morgan fingerprint density at radius 3 is 1.12 bits per heavy atom. The fourth-order valence-electron chi connectivity index (χ4n) is 8.77. The first-order valence-corrected chi connectivity index (χ1v) is 33.3. The largest absolute Gasteiger partial charge is 0.756 e. The van der Waals surface area contributed by atoms with Gasteiger partial charge in [-0.3, -0.25) is 14.2 Å². The Balaban J connectivity index is 4.00. The van der Waals surface area contributed by atoms with Crippen LogP contribution in [0, 0.1) is 0 Å². The molecule has 0 saturated carbocycles. The van der Waals surface area contributed by atoms with Crippen molar-refractivity contribution in [2.75, 3.05) is 47.5 Å². The van der Waals surface area contributed by atoms with Gasteiger partial charge in [0, 0.05) is 12.8 Å². The summed E-state index contributed by atoms with van der Waals surface area (Å²) in [4.78, 5) is 37.9. The van der Waals surface area contributed by atoms with Gasteiger partial charge in [0.2, 0.25) is 0 Å². The van der Waals surface area contributed by atoms with Crippen molar-refractivity contribution in [3.63, 3.8) is 0 Å². The van der Waals surface area contributed by atoms with Crippen molar-refractivity contribution in [1.82, 2.24) is 0 Å². The Morgan fingerprint density at radius 2 is 0.740 bits per heavy atom. The van der Waals surface area contributed by atoms with Gasteiger partial charge in [-0.25, -0.2) is 0 Å². The van der Waals surface area contributed by atoms with Crippen LogP contribution in [0.2, 0.25) is 0 Å². The summed E-state index contributed by atoms with van der Waals surface area (Å²) in [7, 11) is 1.17. The molecule has 0 radical (unpaired) electrons. The predicted octanol–water partition coefficient (Wildman–Crippen LogP) is 19.6. The maximum atomic E-state index is 12.8. The van der Waals surface area contributed by atoms with Crippen molar-refractivity contribution >= 4 is 19.8 Å². The lowest BCUT2D eigenvalue weighted by atomic mass is 10.0. The van der Waals surface area contributed by atoms with Gasteiger partial charge in [-0.15, -0.1) is 0 Å². The van der Waals surface area contributed by atoms with Crippen LogP contribution in [-0.4, -0.2) is 70.0 Å². The number of carbonyl (C=O) groups is 2. The van der Waals surface area contributed by atoms with E-state index in [0.29, 0.717) is 17.4 Å². The molecule has 0 aromatic heterocycles. The number of rotatable bonds is 58. The molecule has 0 rings (SSSR count). The van der Waals surface area contributed by atoms with Crippen LogP contribution in [0.5, 0.6) is 0 Å². The Hall–Kier alpha value is -2.81. The molecular formula is C67H120NO8P. The van der Waals surface area contributed by atoms with E-state index in [-0.39, 0.29) is 32.0 Å². The fraction of sp³-hybridized carbons (Fsp3) is 0.761. The third kappa shape index (κ3) is 62.3. The predicted molar refractivity (Wildman–Crippen MR) is 328 cm³/mol. The molecule has 0 N–H and O–H groups in total. The van der Waals surface area contributed by atoms with Gasteiger partial charge in [0.05, 0.1) is 27.7 Å². The number of likely N-dealkylation sites (N-methyl/N-ethyl adjacent to an activating group) is 1. The average molecular weight is 1100 g/mol. The molecule has 446 valence electrons. The molecule has 0 aliphatic heterocycles. The van der Waals surface area contributed by atoms with Crippen molar-refractivity contribution < 1.29 is 42.1 Å². The lowest BCUT2D eigenvalue weighted by molar-refractivity contribution is -0.870. The lowest BCUT2D eigenvalue weighted by Crippen LogP contribution is -2.37. The van der Waals surface area contributed by atoms with Gasteiger partial charge in [0.1, 0.15) is 19.8 Å². The van der Waals surface area contributed by atoms with Crippen LogP contribution in [-0.2, 0) is 32.7 Å². The summed E-state index contributed by atoms with van der Waals surface area (Å²) < 4.78 is 34.2. The number of ether oxygens (including phenoxy) is 2. The first-order chi connectivity index (χ1) is 37.5. The Bertz CT molecular complexity index is 1580. The molecule has 77 heavy (non-hydrogen) atoms. The van der Waals surface area contributed by atoms with Gasteiger partial charge in [-0.1, -0.05) is 259 Å². The number of nitrogens with zero attached hydrogens (tertiary/aromatic N) is 1. The van der Waals surface area contributed by atoms with Crippen LogP contribution >= 0.6 is 7.82 Å². The minimum Gasteiger partial charge on any atom is -0.756 e. The number of phosphoric ester groups is 1. The second-order valence-corrected chi connectivity index (χ2v) is 23.8. The quantitative estimate of drug-likeness (QED) is 0.0195. The first kappa shape index (κ1) is 74.2. The van der Waals surface area contributed by atoms with Crippen LogP contribution in [0.1, 0.15) is 277 Å². The van der Waals surface area contributed by atoms with Crippen molar-refractivity contribution in [1.29, 1.82) is 0 Å². The van der Waals surface area contributed by atoms with E-state index in [1.807, 2.05) is 21.1 Å². The molecule has 2 atom stereocenters. The molecule has 0 aliphatic rings. The van der Waals surface area contributed by atoms with Crippen LogP contribution in [0.3, 0.4) is 0 Å².